The van der Waals surface area contributed by atoms with Gasteiger partial charge in [0.25, 0.3) is 5.82 Å². The Labute approximate surface area is 152 Å². The number of hydrogen-bond acceptors (Lipinski definition) is 5. The lowest BCUT2D eigenvalue weighted by Crippen LogP contribution is -2.46. The van der Waals surface area contributed by atoms with E-state index < -0.39 is 12.0 Å². The molecule has 10 heteroatoms. The van der Waals surface area contributed by atoms with Gasteiger partial charge in [-0.15, -0.1) is 15.3 Å². The fourth-order valence-electron chi connectivity index (χ4n) is 3.13. The van der Waals surface area contributed by atoms with Crippen LogP contribution in [0.1, 0.15) is 11.4 Å². The molecule has 0 atom stereocenters. The van der Waals surface area contributed by atoms with E-state index in [1.165, 1.54) is 12.1 Å². The summed E-state index contributed by atoms with van der Waals surface area (Å²) in [4.78, 5) is 4.00. The number of anilines is 1. The van der Waals surface area contributed by atoms with Gasteiger partial charge in [0.15, 0.2) is 5.65 Å². The molecule has 0 amide bonds. The number of fused-ring (bicyclic) bond motifs is 1. The highest BCUT2D eigenvalue weighted by molar-refractivity contribution is 5.46. The number of benzene rings is 1. The zero-order valence-corrected chi connectivity index (χ0v) is 14.2. The van der Waals surface area contributed by atoms with E-state index in [4.69, 9.17) is 0 Å². The fourth-order valence-corrected chi connectivity index (χ4v) is 3.13. The predicted octanol–water partition coefficient (Wildman–Crippen LogP) is 2.60. The van der Waals surface area contributed by atoms with Crippen molar-refractivity contribution in [3.63, 3.8) is 0 Å². The van der Waals surface area contributed by atoms with Crippen molar-refractivity contribution in [2.75, 3.05) is 31.1 Å². The third-order valence-corrected chi connectivity index (χ3v) is 4.55. The lowest BCUT2D eigenvalue weighted by molar-refractivity contribution is -0.146. The van der Waals surface area contributed by atoms with Crippen LogP contribution in [0.25, 0.3) is 5.65 Å². The molecule has 0 spiro atoms. The van der Waals surface area contributed by atoms with Gasteiger partial charge in [-0.3, -0.25) is 4.90 Å². The Morgan fingerprint density at radius 2 is 1.67 bits per heavy atom. The first kappa shape index (κ1) is 17.7. The number of aromatic nitrogens is 4. The number of halogens is 4. The van der Waals surface area contributed by atoms with Crippen LogP contribution in [0.2, 0.25) is 0 Å². The van der Waals surface area contributed by atoms with Crippen LogP contribution in [0.15, 0.2) is 36.4 Å². The van der Waals surface area contributed by atoms with E-state index in [9.17, 15) is 17.6 Å². The third kappa shape index (κ3) is 3.57. The number of rotatable bonds is 3. The van der Waals surface area contributed by atoms with Gasteiger partial charge in [-0.1, -0.05) is 18.2 Å². The SMILES string of the molecule is Fc1ccccc1CN1CCN(c2ccc3nnc(C(F)(F)F)n3n2)CC1. The predicted molar refractivity (Wildman–Crippen MR) is 89.7 cm³/mol. The summed E-state index contributed by atoms with van der Waals surface area (Å²) >= 11 is 0. The van der Waals surface area contributed by atoms with Crippen molar-refractivity contribution in [2.45, 2.75) is 12.7 Å². The maximum Gasteiger partial charge on any atom is 0.453 e. The average molecular weight is 380 g/mol. The molecule has 0 radical (unpaired) electrons. The Hall–Kier alpha value is -2.75. The van der Waals surface area contributed by atoms with Crippen LogP contribution in [0.3, 0.4) is 0 Å². The minimum absolute atomic E-state index is 0.0456. The molecule has 142 valence electrons. The van der Waals surface area contributed by atoms with Gasteiger partial charge < -0.3 is 4.90 Å². The molecule has 1 aromatic carbocycles. The molecule has 6 nitrogen and oxygen atoms in total. The van der Waals surface area contributed by atoms with E-state index in [-0.39, 0.29) is 11.5 Å². The van der Waals surface area contributed by atoms with E-state index in [2.05, 4.69) is 20.2 Å². The Bertz CT molecular complexity index is 946. The van der Waals surface area contributed by atoms with Crippen LogP contribution in [0.5, 0.6) is 0 Å². The molecule has 0 bridgehead atoms. The number of alkyl halides is 3. The topological polar surface area (TPSA) is 49.6 Å². The van der Waals surface area contributed by atoms with E-state index in [0.717, 1.165) is 4.52 Å². The molecule has 2 aromatic heterocycles. The molecule has 1 fully saturated rings. The van der Waals surface area contributed by atoms with Crippen molar-refractivity contribution < 1.29 is 17.6 Å². The second-order valence-corrected chi connectivity index (χ2v) is 6.34. The van der Waals surface area contributed by atoms with Crippen molar-refractivity contribution in [3.8, 4) is 0 Å². The van der Waals surface area contributed by atoms with Crippen molar-refractivity contribution in [2.24, 2.45) is 0 Å². The van der Waals surface area contributed by atoms with E-state index in [1.54, 1.807) is 24.3 Å². The van der Waals surface area contributed by atoms with Crippen LogP contribution in [-0.4, -0.2) is 50.9 Å². The molecule has 0 saturated carbocycles. The van der Waals surface area contributed by atoms with Gasteiger partial charge >= 0.3 is 6.18 Å². The molecular weight excluding hydrogens is 364 g/mol. The van der Waals surface area contributed by atoms with Gasteiger partial charge in [-0.2, -0.15) is 17.7 Å². The highest BCUT2D eigenvalue weighted by Gasteiger charge is 2.37. The van der Waals surface area contributed by atoms with Gasteiger partial charge in [0, 0.05) is 38.3 Å². The lowest BCUT2D eigenvalue weighted by Gasteiger charge is -2.35. The van der Waals surface area contributed by atoms with E-state index >= 15 is 0 Å². The molecule has 1 aliphatic rings. The lowest BCUT2D eigenvalue weighted by atomic mass is 10.2. The fraction of sp³-hybridized carbons (Fsp3) is 0.353. The van der Waals surface area contributed by atoms with Crippen LogP contribution in [0.4, 0.5) is 23.4 Å². The summed E-state index contributed by atoms with van der Waals surface area (Å²) in [5.74, 6) is -0.949. The van der Waals surface area contributed by atoms with Gasteiger partial charge in [-0.05, 0) is 18.2 Å². The zero-order valence-electron chi connectivity index (χ0n) is 14.2. The van der Waals surface area contributed by atoms with Gasteiger partial charge in [0.05, 0.1) is 0 Å². The van der Waals surface area contributed by atoms with Crippen molar-refractivity contribution in [3.05, 3.63) is 53.6 Å². The van der Waals surface area contributed by atoms with Gasteiger partial charge in [0.2, 0.25) is 0 Å². The average Bonchev–Trinajstić information content (AvgIpc) is 3.08. The Balaban J connectivity index is 1.47. The molecule has 1 aliphatic heterocycles. The normalized spacial score (nSPS) is 16.2. The maximum atomic E-state index is 13.8. The molecule has 4 rings (SSSR count). The molecule has 1 saturated heterocycles. The smallest absolute Gasteiger partial charge is 0.353 e. The summed E-state index contributed by atoms with van der Waals surface area (Å²) in [7, 11) is 0. The van der Waals surface area contributed by atoms with Crippen LogP contribution in [-0.2, 0) is 12.7 Å². The second-order valence-electron chi connectivity index (χ2n) is 6.34. The number of hydrogen-bond donors (Lipinski definition) is 0. The van der Waals surface area contributed by atoms with Crippen molar-refractivity contribution in [1.29, 1.82) is 0 Å². The minimum atomic E-state index is -4.62. The van der Waals surface area contributed by atoms with Crippen LogP contribution < -0.4 is 4.90 Å². The Morgan fingerprint density at radius 1 is 0.926 bits per heavy atom. The quantitative estimate of drug-likeness (QED) is 0.654. The first-order valence-corrected chi connectivity index (χ1v) is 8.42. The van der Waals surface area contributed by atoms with Gasteiger partial charge in [0.1, 0.15) is 11.6 Å². The van der Waals surface area contributed by atoms with Crippen molar-refractivity contribution in [1.82, 2.24) is 24.7 Å². The molecule has 27 heavy (non-hydrogen) atoms. The van der Waals surface area contributed by atoms with E-state index in [1.807, 2.05) is 4.90 Å². The summed E-state index contributed by atoms with van der Waals surface area (Å²) in [5, 5.41) is 10.8. The number of piperazine rings is 1. The van der Waals surface area contributed by atoms with E-state index in [0.29, 0.717) is 44.1 Å². The maximum absolute atomic E-state index is 13.8. The Kier molecular flexibility index (Phi) is 4.42. The molecule has 0 N–H and O–H groups in total. The third-order valence-electron chi connectivity index (χ3n) is 4.55. The highest BCUT2D eigenvalue weighted by Crippen LogP contribution is 2.28. The summed E-state index contributed by atoms with van der Waals surface area (Å²) in [5.41, 5.74) is 0.675. The second kappa shape index (κ2) is 6.76. The largest absolute Gasteiger partial charge is 0.453 e. The van der Waals surface area contributed by atoms with Crippen LogP contribution in [0, 0.1) is 5.82 Å². The zero-order chi connectivity index (χ0) is 19.0. The Morgan fingerprint density at radius 3 is 2.37 bits per heavy atom. The first-order chi connectivity index (χ1) is 12.9. The highest BCUT2D eigenvalue weighted by atomic mass is 19.4. The standard InChI is InChI=1S/C17H16F4N6/c18-13-4-2-1-3-12(13)11-25-7-9-26(10-8-25)15-6-5-14-22-23-16(17(19,20)21)27(14)24-15/h1-6H,7-11H2. The first-order valence-electron chi connectivity index (χ1n) is 8.42. The van der Waals surface area contributed by atoms with Crippen LogP contribution >= 0.6 is 0 Å². The molecule has 0 unspecified atom stereocenters. The van der Waals surface area contributed by atoms with Gasteiger partial charge in [-0.25, -0.2) is 4.39 Å². The van der Waals surface area contributed by atoms with Crippen molar-refractivity contribution >= 4 is 11.5 Å². The summed E-state index contributed by atoms with van der Waals surface area (Å²) < 4.78 is 53.5. The number of nitrogens with zero attached hydrogens (tertiary/aromatic N) is 6. The molecule has 0 aliphatic carbocycles. The molecule has 3 aromatic rings. The minimum Gasteiger partial charge on any atom is -0.353 e. The monoisotopic (exact) mass is 380 g/mol. The molecule has 3 heterocycles. The molecular formula is C17H16F4N6. The summed E-state index contributed by atoms with van der Waals surface area (Å²) in [6.07, 6.45) is -4.62. The summed E-state index contributed by atoms with van der Waals surface area (Å²) in [6, 6.07) is 9.74. The summed E-state index contributed by atoms with van der Waals surface area (Å²) in [6.45, 7) is 2.97.